The molecular formula is C10H19VW-. The maximum atomic E-state index is 3.25. The first-order valence-electron chi connectivity index (χ1n) is 4.21. The van der Waals surface area contributed by atoms with Crippen molar-refractivity contribution in [2.24, 2.45) is 10.8 Å². The van der Waals surface area contributed by atoms with Crippen LogP contribution in [0.3, 0.4) is 0 Å². The molecule has 0 nitrogen and oxygen atoms in total. The zero-order valence-electron chi connectivity index (χ0n) is 8.55. The van der Waals surface area contributed by atoms with Crippen LogP contribution in [0.1, 0.15) is 40.5 Å². The molecule has 0 spiro atoms. The fourth-order valence-corrected chi connectivity index (χ4v) is 1.47. The van der Waals surface area contributed by atoms with Crippen molar-refractivity contribution in [3.05, 3.63) is 6.92 Å². The summed E-state index contributed by atoms with van der Waals surface area (Å²) in [7, 11) is 0. The molecule has 0 aliphatic heterocycles. The van der Waals surface area contributed by atoms with Gasteiger partial charge >= 0.3 is 66.2 Å². The van der Waals surface area contributed by atoms with Gasteiger partial charge in [0, 0.05) is 21.1 Å². The second kappa shape index (κ2) is 5.79. The van der Waals surface area contributed by atoms with Crippen molar-refractivity contribution in [3.8, 4) is 0 Å². The molecule has 0 radical (unpaired) electrons. The zero-order valence-corrected chi connectivity index (χ0v) is 12.9. The average molecular weight is 374 g/mol. The summed E-state index contributed by atoms with van der Waals surface area (Å²) in [4.78, 5) is 0. The molecule has 0 N–H and O–H groups in total. The summed E-state index contributed by atoms with van der Waals surface area (Å²) in [6, 6.07) is 0. The van der Waals surface area contributed by atoms with Crippen LogP contribution >= 0.6 is 0 Å². The van der Waals surface area contributed by atoms with Crippen LogP contribution in [0.15, 0.2) is 0 Å². The fourth-order valence-electron chi connectivity index (χ4n) is 0.988. The summed E-state index contributed by atoms with van der Waals surface area (Å²) in [6.45, 7) is 12.0. The van der Waals surface area contributed by atoms with E-state index in [1.165, 1.54) is 12.8 Å². The van der Waals surface area contributed by atoms with Crippen LogP contribution in [-0.2, 0) is 38.0 Å². The van der Waals surface area contributed by atoms with Gasteiger partial charge in [-0.3, -0.25) is 0 Å². The summed E-state index contributed by atoms with van der Waals surface area (Å²) in [5.41, 5.74) is 1.06. The molecule has 0 aromatic carbocycles. The number of hydrogen-bond acceptors (Lipinski definition) is 0. The Balaban J connectivity index is 0. The molecule has 0 atom stereocenters. The summed E-state index contributed by atoms with van der Waals surface area (Å²) < 4.78 is 2.27. The van der Waals surface area contributed by atoms with Gasteiger partial charge in [0.2, 0.25) is 0 Å². The van der Waals surface area contributed by atoms with E-state index in [2.05, 4.69) is 49.4 Å². The molecule has 71 valence electrons. The summed E-state index contributed by atoms with van der Waals surface area (Å²) in [6.07, 6.45) is 2.82. The summed E-state index contributed by atoms with van der Waals surface area (Å²) in [5, 5.41) is 0. The molecule has 0 unspecified atom stereocenters. The topological polar surface area (TPSA) is 0 Å². The molecule has 0 bridgehead atoms. The van der Waals surface area contributed by atoms with E-state index in [1.54, 1.807) is 6.92 Å². The summed E-state index contributed by atoms with van der Waals surface area (Å²) in [5.74, 6) is 0. The zero-order chi connectivity index (χ0) is 9.12. The quantitative estimate of drug-likeness (QED) is 0.653. The Labute approximate surface area is 101 Å². The molecule has 1 saturated carbocycles. The van der Waals surface area contributed by atoms with Crippen molar-refractivity contribution < 1.29 is 38.0 Å². The minimum absolute atomic E-state index is 0. The Bertz CT molecular complexity index is 137. The van der Waals surface area contributed by atoms with Crippen LogP contribution in [0.5, 0.6) is 0 Å². The van der Waals surface area contributed by atoms with Gasteiger partial charge < -0.3 is 6.92 Å². The van der Waals surface area contributed by atoms with Crippen molar-refractivity contribution in [3.63, 3.8) is 0 Å². The Morgan fingerprint density at radius 3 is 1.75 bits per heavy atom. The maximum absolute atomic E-state index is 3.25. The molecule has 1 aliphatic rings. The third kappa shape index (κ3) is 3.48. The molecular weight excluding hydrogens is 355 g/mol. The molecule has 0 heterocycles. The molecule has 0 saturated heterocycles. The van der Waals surface area contributed by atoms with Crippen LogP contribution in [0, 0.1) is 17.8 Å². The van der Waals surface area contributed by atoms with Crippen molar-refractivity contribution in [2.45, 2.75) is 40.5 Å². The molecule has 1 aliphatic carbocycles. The Hall–Kier alpha value is 1.14. The number of rotatable bonds is 2. The third-order valence-electron chi connectivity index (χ3n) is 2.88. The Kier molecular flexibility index (Phi) is 7.52. The molecule has 0 aromatic heterocycles. The normalized spacial score (nSPS) is 18.0. The second-order valence-corrected chi connectivity index (χ2v) is 4.31. The van der Waals surface area contributed by atoms with Gasteiger partial charge in [-0.2, -0.15) is 6.92 Å². The van der Waals surface area contributed by atoms with Gasteiger partial charge in [0.25, 0.3) is 0 Å². The van der Waals surface area contributed by atoms with Gasteiger partial charge in [-0.25, -0.2) is 0 Å². The van der Waals surface area contributed by atoms with Gasteiger partial charge in [-0.15, -0.1) is 0 Å². The predicted molar refractivity (Wildman–Crippen MR) is 48.2 cm³/mol. The predicted octanol–water partition coefficient (Wildman–Crippen LogP) is 3.00. The first-order chi connectivity index (χ1) is 5.02. The van der Waals surface area contributed by atoms with Crippen molar-refractivity contribution in [1.82, 2.24) is 0 Å². The largest absolute Gasteiger partial charge is 0.346 e. The van der Waals surface area contributed by atoms with E-state index in [0.717, 1.165) is 0 Å². The van der Waals surface area contributed by atoms with E-state index in [9.17, 15) is 0 Å². The maximum Gasteiger partial charge on any atom is 0 e. The molecule has 12 heavy (non-hydrogen) atoms. The SMILES string of the molecule is CC(C)([CH]=[V])C1(C)CC1.[CH2-]C.[W]. The number of hydrogen-bond donors (Lipinski definition) is 0. The minimum Gasteiger partial charge on any atom is -0.346 e. The van der Waals surface area contributed by atoms with Gasteiger partial charge in [0.1, 0.15) is 0 Å². The van der Waals surface area contributed by atoms with Crippen molar-refractivity contribution in [2.75, 3.05) is 0 Å². The minimum atomic E-state index is 0. The Morgan fingerprint density at radius 1 is 1.33 bits per heavy atom. The third-order valence-corrected chi connectivity index (χ3v) is 3.89. The van der Waals surface area contributed by atoms with Crippen LogP contribution < -0.4 is 0 Å². The van der Waals surface area contributed by atoms with Gasteiger partial charge in [-0.1, -0.05) is 0 Å². The molecule has 1 rings (SSSR count). The Morgan fingerprint density at radius 2 is 1.67 bits per heavy atom. The molecule has 2 heteroatoms. The van der Waals surface area contributed by atoms with Gasteiger partial charge in [0.05, 0.1) is 0 Å². The van der Waals surface area contributed by atoms with E-state index in [1.807, 2.05) is 0 Å². The van der Waals surface area contributed by atoms with E-state index in [4.69, 9.17) is 0 Å². The smallest absolute Gasteiger partial charge is 0 e. The van der Waals surface area contributed by atoms with E-state index < -0.39 is 0 Å². The molecule has 0 amide bonds. The molecule has 0 aromatic rings. The molecule has 1 fully saturated rings. The fraction of sp³-hybridized carbons (Fsp3) is 0.800. The average Bonchev–Trinajstić information content (AvgIpc) is 2.74. The van der Waals surface area contributed by atoms with Crippen LogP contribution in [-0.4, -0.2) is 4.73 Å². The monoisotopic (exact) mass is 374 g/mol. The first kappa shape index (κ1) is 15.6. The second-order valence-electron chi connectivity index (χ2n) is 3.91. The standard InChI is InChI=1S/C8H14.C2H5.V.W/c1-7(2,3)8(4)5-6-8;1-2;;/h1H,5-6H2,2-4H3;1H2,2H3;;/q;-1;;. The van der Waals surface area contributed by atoms with E-state index >= 15 is 0 Å². The van der Waals surface area contributed by atoms with Crippen molar-refractivity contribution >= 4 is 4.73 Å². The van der Waals surface area contributed by atoms with Crippen molar-refractivity contribution in [1.29, 1.82) is 0 Å². The van der Waals surface area contributed by atoms with E-state index in [0.29, 0.717) is 10.8 Å². The van der Waals surface area contributed by atoms with Gasteiger partial charge in [-0.05, 0) is 0 Å². The van der Waals surface area contributed by atoms with Crippen LogP contribution in [0.25, 0.3) is 0 Å². The van der Waals surface area contributed by atoms with Crippen LogP contribution in [0.4, 0.5) is 0 Å². The van der Waals surface area contributed by atoms with E-state index in [-0.39, 0.29) is 21.1 Å². The first-order valence-corrected chi connectivity index (χ1v) is 5.02. The van der Waals surface area contributed by atoms with Gasteiger partial charge in [0.15, 0.2) is 0 Å². The van der Waals surface area contributed by atoms with Crippen LogP contribution in [0.2, 0.25) is 0 Å². The summed E-state index contributed by atoms with van der Waals surface area (Å²) >= 11 is 2.59.